The number of aryl methyl sites for hydroxylation is 1. The summed E-state index contributed by atoms with van der Waals surface area (Å²) in [5.41, 5.74) is -0.0393. The van der Waals surface area contributed by atoms with E-state index in [-0.39, 0.29) is 11.6 Å². The molecule has 0 radical (unpaired) electrons. The fourth-order valence-electron chi connectivity index (χ4n) is 3.41. The molecule has 0 spiro atoms. The average Bonchev–Trinajstić information content (AvgIpc) is 3.11. The lowest BCUT2D eigenvalue weighted by Gasteiger charge is -2.20. The summed E-state index contributed by atoms with van der Waals surface area (Å²) in [7, 11) is 0. The van der Waals surface area contributed by atoms with Gasteiger partial charge in [-0.1, -0.05) is 0 Å². The molecule has 8 nitrogen and oxygen atoms in total. The molecule has 3 rings (SSSR count). The van der Waals surface area contributed by atoms with Crippen LogP contribution in [0, 0.1) is 22.0 Å². The summed E-state index contributed by atoms with van der Waals surface area (Å²) in [6.07, 6.45) is 5.05. The smallest absolute Gasteiger partial charge is 0.306 e. The largest absolute Gasteiger partial charge is 0.343 e. The van der Waals surface area contributed by atoms with Gasteiger partial charge in [0.1, 0.15) is 12.4 Å². The van der Waals surface area contributed by atoms with Crippen molar-refractivity contribution in [1.82, 2.24) is 20.0 Å². The van der Waals surface area contributed by atoms with Gasteiger partial charge in [-0.2, -0.15) is 5.10 Å². The van der Waals surface area contributed by atoms with Crippen LogP contribution in [-0.2, 0) is 11.3 Å². The van der Waals surface area contributed by atoms with E-state index in [1.165, 1.54) is 17.1 Å². The molecule has 0 aromatic carbocycles. The lowest BCUT2D eigenvalue weighted by Crippen LogP contribution is -2.33. The van der Waals surface area contributed by atoms with E-state index in [9.17, 15) is 14.9 Å². The monoisotopic (exact) mass is 307 g/mol. The molecule has 22 heavy (non-hydrogen) atoms. The molecule has 1 aromatic heterocycles. The minimum absolute atomic E-state index is 0.0393. The SMILES string of the molecule is O=C(CCn1cc([N+](=O)[O-])cn1)N1CC[C@@H]2CNC[C@@H]2CC1. The number of likely N-dealkylation sites (tertiary alicyclic amines) is 1. The number of amides is 1. The first-order valence-electron chi connectivity index (χ1n) is 7.79. The quantitative estimate of drug-likeness (QED) is 0.651. The second-order valence-electron chi connectivity index (χ2n) is 6.11. The number of rotatable bonds is 4. The second-order valence-corrected chi connectivity index (χ2v) is 6.11. The molecule has 1 N–H and O–H groups in total. The third-order valence-electron chi connectivity index (χ3n) is 4.76. The van der Waals surface area contributed by atoms with Gasteiger partial charge >= 0.3 is 5.69 Å². The fraction of sp³-hybridized carbons (Fsp3) is 0.714. The van der Waals surface area contributed by atoms with Crippen molar-refractivity contribution in [1.29, 1.82) is 0 Å². The zero-order valence-corrected chi connectivity index (χ0v) is 12.5. The zero-order chi connectivity index (χ0) is 15.5. The van der Waals surface area contributed by atoms with Crippen LogP contribution in [0.4, 0.5) is 5.69 Å². The molecule has 0 bridgehead atoms. The number of carbonyl (C=O) groups is 1. The molecule has 1 aromatic rings. The van der Waals surface area contributed by atoms with E-state index in [1.807, 2.05) is 4.90 Å². The van der Waals surface area contributed by atoms with Crippen molar-refractivity contribution in [3.05, 3.63) is 22.5 Å². The van der Waals surface area contributed by atoms with Crippen molar-refractivity contribution >= 4 is 11.6 Å². The van der Waals surface area contributed by atoms with Crippen molar-refractivity contribution < 1.29 is 9.72 Å². The normalized spacial score (nSPS) is 24.8. The van der Waals surface area contributed by atoms with Crippen LogP contribution in [0.5, 0.6) is 0 Å². The maximum absolute atomic E-state index is 12.3. The van der Waals surface area contributed by atoms with Crippen LogP contribution >= 0.6 is 0 Å². The Morgan fingerprint density at radius 3 is 2.64 bits per heavy atom. The summed E-state index contributed by atoms with van der Waals surface area (Å²) in [5.74, 6) is 1.52. The highest BCUT2D eigenvalue weighted by Gasteiger charge is 2.31. The van der Waals surface area contributed by atoms with Gasteiger partial charge in [-0.15, -0.1) is 0 Å². The van der Waals surface area contributed by atoms with Gasteiger partial charge in [0.05, 0.1) is 4.92 Å². The summed E-state index contributed by atoms with van der Waals surface area (Å²) < 4.78 is 1.46. The average molecular weight is 307 g/mol. The molecule has 0 unspecified atom stereocenters. The molecule has 0 saturated carbocycles. The lowest BCUT2D eigenvalue weighted by molar-refractivity contribution is -0.385. The van der Waals surface area contributed by atoms with E-state index in [1.54, 1.807) is 0 Å². The molecular weight excluding hydrogens is 286 g/mol. The van der Waals surface area contributed by atoms with Gasteiger partial charge in [0.15, 0.2) is 0 Å². The Labute approximate surface area is 128 Å². The van der Waals surface area contributed by atoms with E-state index in [0.29, 0.717) is 24.8 Å². The van der Waals surface area contributed by atoms with E-state index >= 15 is 0 Å². The summed E-state index contributed by atoms with van der Waals surface area (Å²) in [6, 6.07) is 0. The number of hydrogen-bond donors (Lipinski definition) is 1. The first-order valence-corrected chi connectivity index (χ1v) is 7.79. The van der Waals surface area contributed by atoms with Crippen LogP contribution in [0.15, 0.2) is 12.4 Å². The Bertz CT molecular complexity index is 544. The van der Waals surface area contributed by atoms with Crippen molar-refractivity contribution in [2.45, 2.75) is 25.8 Å². The standard InChI is InChI=1S/C14H21N5O3/c20-14(3-6-18-10-13(9-16-18)19(21)22)17-4-1-11-7-15-8-12(11)2-5-17/h9-12,15H,1-8H2/t11-,12+. The Morgan fingerprint density at radius 1 is 1.36 bits per heavy atom. The molecule has 2 aliphatic heterocycles. The number of aromatic nitrogens is 2. The minimum atomic E-state index is -0.479. The first kappa shape index (κ1) is 15.0. The third-order valence-corrected chi connectivity index (χ3v) is 4.76. The first-order chi connectivity index (χ1) is 10.6. The summed E-state index contributed by atoms with van der Waals surface area (Å²) in [6.45, 7) is 4.17. The van der Waals surface area contributed by atoms with Crippen LogP contribution in [0.2, 0.25) is 0 Å². The number of carbonyl (C=O) groups excluding carboxylic acids is 1. The number of hydrogen-bond acceptors (Lipinski definition) is 5. The zero-order valence-electron chi connectivity index (χ0n) is 12.5. The molecule has 2 saturated heterocycles. The Morgan fingerprint density at radius 2 is 2.05 bits per heavy atom. The molecule has 0 aliphatic carbocycles. The van der Waals surface area contributed by atoms with Crippen molar-refractivity contribution in [3.8, 4) is 0 Å². The lowest BCUT2D eigenvalue weighted by atomic mass is 9.92. The van der Waals surface area contributed by atoms with Crippen LogP contribution < -0.4 is 5.32 Å². The van der Waals surface area contributed by atoms with Crippen molar-refractivity contribution in [3.63, 3.8) is 0 Å². The van der Waals surface area contributed by atoms with E-state index in [0.717, 1.165) is 39.0 Å². The Kier molecular flexibility index (Phi) is 4.37. The van der Waals surface area contributed by atoms with Gasteiger partial charge in [0.2, 0.25) is 5.91 Å². The third kappa shape index (κ3) is 3.27. The predicted molar refractivity (Wildman–Crippen MR) is 79.2 cm³/mol. The molecule has 3 heterocycles. The van der Waals surface area contributed by atoms with E-state index < -0.39 is 4.92 Å². The molecule has 1 amide bonds. The molecule has 120 valence electrons. The van der Waals surface area contributed by atoms with Crippen molar-refractivity contribution in [2.24, 2.45) is 11.8 Å². The van der Waals surface area contributed by atoms with Gasteiger partial charge in [0, 0.05) is 26.1 Å². The molecule has 8 heteroatoms. The van der Waals surface area contributed by atoms with Crippen LogP contribution in [0.25, 0.3) is 0 Å². The predicted octanol–water partition coefficient (Wildman–Crippen LogP) is 0.639. The van der Waals surface area contributed by atoms with E-state index in [4.69, 9.17) is 0 Å². The summed E-state index contributed by atoms with van der Waals surface area (Å²) >= 11 is 0. The highest BCUT2D eigenvalue weighted by Crippen LogP contribution is 2.27. The van der Waals surface area contributed by atoms with Gasteiger partial charge in [-0.05, 0) is 37.8 Å². The van der Waals surface area contributed by atoms with Gasteiger partial charge in [-0.3, -0.25) is 19.6 Å². The highest BCUT2D eigenvalue weighted by molar-refractivity contribution is 5.76. The maximum atomic E-state index is 12.3. The maximum Gasteiger partial charge on any atom is 0.306 e. The highest BCUT2D eigenvalue weighted by atomic mass is 16.6. The summed E-state index contributed by atoms with van der Waals surface area (Å²) in [4.78, 5) is 24.4. The van der Waals surface area contributed by atoms with Crippen LogP contribution in [-0.4, -0.2) is 51.7 Å². The molecule has 2 atom stereocenters. The van der Waals surface area contributed by atoms with E-state index in [2.05, 4.69) is 10.4 Å². The second kappa shape index (κ2) is 6.43. The Balaban J connectivity index is 1.50. The summed E-state index contributed by atoms with van der Waals surface area (Å²) in [5, 5.41) is 17.9. The molecular formula is C14H21N5O3. The number of fused-ring (bicyclic) bond motifs is 1. The van der Waals surface area contributed by atoms with Gasteiger partial charge in [0.25, 0.3) is 0 Å². The topological polar surface area (TPSA) is 93.3 Å². The number of nitrogens with one attached hydrogen (secondary N) is 1. The molecule has 2 aliphatic rings. The fourth-order valence-corrected chi connectivity index (χ4v) is 3.41. The molecule has 2 fully saturated rings. The van der Waals surface area contributed by atoms with Gasteiger partial charge in [-0.25, -0.2) is 0 Å². The van der Waals surface area contributed by atoms with Crippen LogP contribution in [0.1, 0.15) is 19.3 Å². The number of nitrogens with zero attached hydrogens (tertiary/aromatic N) is 4. The van der Waals surface area contributed by atoms with Crippen LogP contribution in [0.3, 0.4) is 0 Å². The Hall–Kier alpha value is -1.96. The van der Waals surface area contributed by atoms with Crippen molar-refractivity contribution in [2.75, 3.05) is 26.2 Å². The van der Waals surface area contributed by atoms with Gasteiger partial charge < -0.3 is 10.2 Å². The minimum Gasteiger partial charge on any atom is -0.343 e. The number of nitro groups is 1.